The minimum atomic E-state index is -0.516. The average molecular weight is 323 g/mol. The molecule has 22 heavy (non-hydrogen) atoms. The summed E-state index contributed by atoms with van der Waals surface area (Å²) in [6, 6.07) is 11.5. The Balaban J connectivity index is 1.84. The molecule has 0 fully saturated rings. The number of hydrogen-bond donors (Lipinski definition) is 2. The van der Waals surface area contributed by atoms with Crippen LogP contribution in [0.25, 0.3) is 0 Å². The molecule has 2 rings (SSSR count). The van der Waals surface area contributed by atoms with Crippen LogP contribution in [0.4, 0.5) is 15.8 Å². The van der Waals surface area contributed by atoms with Crippen LogP contribution >= 0.6 is 11.6 Å². The quantitative estimate of drug-likeness (QED) is 0.847. The van der Waals surface area contributed by atoms with Gasteiger partial charge in [0.25, 0.3) is 0 Å². The fourth-order valence-electron chi connectivity index (χ4n) is 1.90. The van der Waals surface area contributed by atoms with Gasteiger partial charge in [-0.2, -0.15) is 0 Å². The highest BCUT2D eigenvalue weighted by Crippen LogP contribution is 2.23. The van der Waals surface area contributed by atoms with Crippen molar-refractivity contribution < 1.29 is 13.9 Å². The minimum absolute atomic E-state index is 0.0232. The molecule has 0 unspecified atom stereocenters. The molecule has 0 aliphatic carbocycles. The number of methoxy groups -OCH3 is 1. The molecule has 0 aliphatic heterocycles. The molecule has 2 aromatic rings. The van der Waals surface area contributed by atoms with E-state index < -0.39 is 5.82 Å². The molecule has 0 heterocycles. The highest BCUT2D eigenvalue weighted by atomic mass is 35.5. The van der Waals surface area contributed by atoms with Crippen molar-refractivity contribution in [2.75, 3.05) is 24.3 Å². The maximum Gasteiger partial charge on any atom is 0.226 e. The molecule has 4 nitrogen and oxygen atoms in total. The van der Waals surface area contributed by atoms with Gasteiger partial charge in [-0.1, -0.05) is 23.7 Å². The molecule has 0 bridgehead atoms. The largest absolute Gasteiger partial charge is 0.495 e. The first-order chi connectivity index (χ1) is 10.6. The maximum atomic E-state index is 13.0. The topological polar surface area (TPSA) is 50.4 Å². The molecule has 0 spiro atoms. The molecular formula is C16H16ClFN2O2. The molecule has 2 aromatic carbocycles. The van der Waals surface area contributed by atoms with Crippen LogP contribution in [0.2, 0.25) is 5.02 Å². The van der Waals surface area contributed by atoms with Crippen molar-refractivity contribution in [2.24, 2.45) is 0 Å². The summed E-state index contributed by atoms with van der Waals surface area (Å²) in [5.74, 6) is 0.0100. The van der Waals surface area contributed by atoms with E-state index in [1.54, 1.807) is 7.11 Å². The number of carbonyl (C=O) groups excluding carboxylic acids is 1. The van der Waals surface area contributed by atoms with Crippen LogP contribution < -0.4 is 15.4 Å². The second kappa shape index (κ2) is 7.66. The molecule has 0 saturated carbocycles. The van der Waals surface area contributed by atoms with Crippen LogP contribution in [0.5, 0.6) is 5.75 Å². The van der Waals surface area contributed by atoms with Crippen LogP contribution in [0.3, 0.4) is 0 Å². The predicted molar refractivity (Wildman–Crippen MR) is 86.1 cm³/mol. The van der Waals surface area contributed by atoms with Crippen molar-refractivity contribution in [1.29, 1.82) is 0 Å². The van der Waals surface area contributed by atoms with Gasteiger partial charge in [0.05, 0.1) is 17.8 Å². The lowest BCUT2D eigenvalue weighted by atomic mass is 10.2. The van der Waals surface area contributed by atoms with Gasteiger partial charge in [-0.3, -0.25) is 4.79 Å². The van der Waals surface area contributed by atoms with Crippen LogP contribution in [0.15, 0.2) is 42.5 Å². The number of nitrogens with one attached hydrogen (secondary N) is 2. The molecule has 0 aromatic heterocycles. The van der Waals surface area contributed by atoms with Crippen LogP contribution in [-0.2, 0) is 4.79 Å². The van der Waals surface area contributed by atoms with Crippen LogP contribution in [0.1, 0.15) is 6.42 Å². The van der Waals surface area contributed by atoms with Gasteiger partial charge in [-0.25, -0.2) is 4.39 Å². The molecular weight excluding hydrogens is 307 g/mol. The monoisotopic (exact) mass is 322 g/mol. The number of anilines is 2. The van der Waals surface area contributed by atoms with E-state index in [-0.39, 0.29) is 17.4 Å². The predicted octanol–water partition coefficient (Wildman–Crippen LogP) is 3.93. The number of hydrogen-bond acceptors (Lipinski definition) is 3. The average Bonchev–Trinajstić information content (AvgIpc) is 2.51. The SMILES string of the molecule is COc1ccccc1NCCC(=O)Nc1ccc(F)c(Cl)c1. The normalized spacial score (nSPS) is 10.1. The van der Waals surface area contributed by atoms with Crippen molar-refractivity contribution >= 4 is 28.9 Å². The zero-order valence-electron chi connectivity index (χ0n) is 12.0. The van der Waals surface area contributed by atoms with Gasteiger partial charge in [-0.05, 0) is 30.3 Å². The van der Waals surface area contributed by atoms with Crippen LogP contribution in [0, 0.1) is 5.82 Å². The molecule has 6 heteroatoms. The van der Waals surface area contributed by atoms with Gasteiger partial charge in [0, 0.05) is 18.7 Å². The van der Waals surface area contributed by atoms with E-state index in [0.717, 1.165) is 5.69 Å². The molecule has 0 aliphatic rings. The summed E-state index contributed by atoms with van der Waals surface area (Å²) in [5.41, 5.74) is 1.29. The van der Waals surface area contributed by atoms with Crippen molar-refractivity contribution in [3.63, 3.8) is 0 Å². The molecule has 1 amide bonds. The summed E-state index contributed by atoms with van der Waals surface area (Å²) >= 11 is 5.66. The van der Waals surface area contributed by atoms with E-state index in [1.165, 1.54) is 18.2 Å². The first-order valence-corrected chi connectivity index (χ1v) is 7.09. The standard InChI is InChI=1S/C16H16ClFN2O2/c1-22-15-5-3-2-4-14(15)19-9-8-16(21)20-11-6-7-13(18)12(17)10-11/h2-7,10,19H,8-9H2,1H3,(H,20,21). The molecule has 116 valence electrons. The number of ether oxygens (including phenoxy) is 1. The fourth-order valence-corrected chi connectivity index (χ4v) is 2.08. The zero-order valence-corrected chi connectivity index (χ0v) is 12.8. The fraction of sp³-hybridized carbons (Fsp3) is 0.188. The Morgan fingerprint density at radius 3 is 2.77 bits per heavy atom. The molecule has 0 saturated heterocycles. The highest BCUT2D eigenvalue weighted by Gasteiger charge is 2.06. The van der Waals surface area contributed by atoms with Gasteiger partial charge in [0.15, 0.2) is 0 Å². The molecule has 0 atom stereocenters. The third-order valence-corrected chi connectivity index (χ3v) is 3.27. The molecule has 2 N–H and O–H groups in total. The Kier molecular flexibility index (Phi) is 5.61. The summed E-state index contributed by atoms with van der Waals surface area (Å²) in [4.78, 5) is 11.8. The van der Waals surface area contributed by atoms with Crippen LogP contribution in [-0.4, -0.2) is 19.6 Å². The van der Waals surface area contributed by atoms with Gasteiger partial charge >= 0.3 is 0 Å². The highest BCUT2D eigenvalue weighted by molar-refractivity contribution is 6.31. The second-order valence-electron chi connectivity index (χ2n) is 4.55. The van der Waals surface area contributed by atoms with Gasteiger partial charge in [0.1, 0.15) is 11.6 Å². The number of benzene rings is 2. The smallest absolute Gasteiger partial charge is 0.226 e. The van der Waals surface area contributed by atoms with Crippen molar-refractivity contribution in [3.05, 3.63) is 53.3 Å². The van der Waals surface area contributed by atoms with E-state index in [9.17, 15) is 9.18 Å². The maximum absolute atomic E-state index is 13.0. The number of amides is 1. The summed E-state index contributed by atoms with van der Waals surface area (Å²) in [7, 11) is 1.59. The number of para-hydroxylation sites is 2. The third kappa shape index (κ3) is 4.36. The first kappa shape index (κ1) is 16.1. The summed E-state index contributed by atoms with van der Waals surface area (Å²) in [5, 5.41) is 5.77. The van der Waals surface area contributed by atoms with E-state index in [0.29, 0.717) is 18.0 Å². The van der Waals surface area contributed by atoms with E-state index >= 15 is 0 Å². The Labute approximate surface area is 133 Å². The van der Waals surface area contributed by atoms with Crippen molar-refractivity contribution in [1.82, 2.24) is 0 Å². The third-order valence-electron chi connectivity index (χ3n) is 2.98. The lowest BCUT2D eigenvalue weighted by Gasteiger charge is -2.11. The summed E-state index contributed by atoms with van der Waals surface area (Å²) in [6.45, 7) is 0.446. The number of rotatable bonds is 6. The zero-order chi connectivity index (χ0) is 15.9. The van der Waals surface area contributed by atoms with Gasteiger partial charge in [0.2, 0.25) is 5.91 Å². The Morgan fingerprint density at radius 1 is 1.27 bits per heavy atom. The Bertz CT molecular complexity index is 664. The Hall–Kier alpha value is -2.27. The second-order valence-corrected chi connectivity index (χ2v) is 4.96. The van der Waals surface area contributed by atoms with E-state index in [1.807, 2.05) is 24.3 Å². The minimum Gasteiger partial charge on any atom is -0.495 e. The lowest BCUT2D eigenvalue weighted by Crippen LogP contribution is -2.16. The van der Waals surface area contributed by atoms with Crippen molar-refractivity contribution in [2.45, 2.75) is 6.42 Å². The number of carbonyl (C=O) groups is 1. The Morgan fingerprint density at radius 2 is 2.05 bits per heavy atom. The van der Waals surface area contributed by atoms with E-state index in [2.05, 4.69) is 10.6 Å². The molecule has 0 radical (unpaired) electrons. The lowest BCUT2D eigenvalue weighted by molar-refractivity contribution is -0.115. The van der Waals surface area contributed by atoms with E-state index in [4.69, 9.17) is 16.3 Å². The number of halogens is 2. The van der Waals surface area contributed by atoms with Gasteiger partial charge in [-0.15, -0.1) is 0 Å². The van der Waals surface area contributed by atoms with Crippen molar-refractivity contribution in [3.8, 4) is 5.75 Å². The summed E-state index contributed by atoms with van der Waals surface area (Å²) in [6.07, 6.45) is 0.257. The van der Waals surface area contributed by atoms with Gasteiger partial charge < -0.3 is 15.4 Å². The summed E-state index contributed by atoms with van der Waals surface area (Å²) < 4.78 is 18.2. The first-order valence-electron chi connectivity index (χ1n) is 6.72.